The Morgan fingerprint density at radius 2 is 0.831 bits per heavy atom. The van der Waals surface area contributed by atoms with Crippen LogP contribution in [-0.4, -0.2) is 46.9 Å². The summed E-state index contributed by atoms with van der Waals surface area (Å²) in [6.07, 6.45) is 53.8. The van der Waals surface area contributed by atoms with Gasteiger partial charge in [0.05, 0.1) is 25.2 Å². The number of carbonyl (C=O) groups is 2. The zero-order chi connectivity index (χ0) is 43.1. The topological polar surface area (TPSA) is 95.9 Å². The maximum atomic E-state index is 13.2. The van der Waals surface area contributed by atoms with Gasteiger partial charge in [-0.15, -0.1) is 0 Å². The molecule has 0 rings (SSSR count). The minimum atomic E-state index is -0.792. The van der Waals surface area contributed by atoms with E-state index < -0.39 is 18.2 Å². The van der Waals surface area contributed by atoms with E-state index >= 15 is 0 Å². The lowest BCUT2D eigenvalue weighted by atomic mass is 10.0. The summed E-state index contributed by atoms with van der Waals surface area (Å²) in [5.41, 5.74) is 0. The van der Waals surface area contributed by atoms with Crippen LogP contribution in [0.3, 0.4) is 0 Å². The summed E-state index contributed by atoms with van der Waals surface area (Å²) in [6.45, 7) is 6.46. The predicted molar refractivity (Wildman–Crippen MR) is 255 cm³/mol. The molecule has 6 nitrogen and oxygen atoms in total. The number of carbonyl (C=O) groups excluding carboxylic acids is 2. The van der Waals surface area contributed by atoms with Crippen molar-refractivity contribution in [1.29, 1.82) is 0 Å². The number of rotatable bonds is 47. The molecule has 0 radical (unpaired) electrons. The maximum Gasteiger partial charge on any atom is 0.306 e. The van der Waals surface area contributed by atoms with Gasteiger partial charge in [-0.3, -0.25) is 9.59 Å². The van der Waals surface area contributed by atoms with E-state index in [2.05, 4.69) is 50.4 Å². The number of esters is 1. The Bertz CT molecular complexity index is 935. The monoisotopic (exact) mass is 832 g/mol. The van der Waals surface area contributed by atoms with E-state index in [-0.39, 0.29) is 24.9 Å². The first-order valence-electron chi connectivity index (χ1n) is 26.1. The molecule has 3 N–H and O–H groups in total. The molecule has 0 aliphatic rings. The lowest BCUT2D eigenvalue weighted by Crippen LogP contribution is -2.46. The SMILES string of the molecule is CCCCC/C=C\CCCCCCCC(=O)OC(CCC/C=C\CCCCCCCCC)CC(=O)NC(CO)C(O)CCCCCCCCCCCCCCCCCC. The summed E-state index contributed by atoms with van der Waals surface area (Å²) < 4.78 is 5.90. The lowest BCUT2D eigenvalue weighted by molar-refractivity contribution is -0.151. The number of ether oxygens (including phenoxy) is 1. The van der Waals surface area contributed by atoms with Crippen LogP contribution in [-0.2, 0) is 14.3 Å². The molecule has 59 heavy (non-hydrogen) atoms. The smallest absolute Gasteiger partial charge is 0.306 e. The highest BCUT2D eigenvalue weighted by molar-refractivity contribution is 5.77. The maximum absolute atomic E-state index is 13.2. The van der Waals surface area contributed by atoms with E-state index in [9.17, 15) is 19.8 Å². The Kier molecular flexibility index (Phi) is 46.1. The quantitative estimate of drug-likeness (QED) is 0.0322. The van der Waals surface area contributed by atoms with Gasteiger partial charge in [0.2, 0.25) is 5.91 Å². The third-order valence-electron chi connectivity index (χ3n) is 12.0. The van der Waals surface area contributed by atoms with Gasteiger partial charge in [-0.2, -0.15) is 0 Å². The van der Waals surface area contributed by atoms with Crippen LogP contribution in [0.15, 0.2) is 24.3 Å². The molecule has 0 saturated heterocycles. The van der Waals surface area contributed by atoms with Gasteiger partial charge in [-0.25, -0.2) is 0 Å². The minimum absolute atomic E-state index is 0.0573. The Balaban J connectivity index is 4.52. The number of aliphatic hydroxyl groups excluding tert-OH is 2. The lowest BCUT2D eigenvalue weighted by Gasteiger charge is -2.24. The van der Waals surface area contributed by atoms with Gasteiger partial charge in [-0.1, -0.05) is 218 Å². The van der Waals surface area contributed by atoms with Gasteiger partial charge < -0.3 is 20.3 Å². The minimum Gasteiger partial charge on any atom is -0.462 e. The van der Waals surface area contributed by atoms with Crippen LogP contribution in [0, 0.1) is 0 Å². The Hall–Kier alpha value is -1.66. The van der Waals surface area contributed by atoms with E-state index in [1.807, 2.05) is 0 Å². The van der Waals surface area contributed by atoms with E-state index in [4.69, 9.17) is 4.74 Å². The molecule has 0 heterocycles. The number of unbranched alkanes of at least 4 members (excludes halogenated alkanes) is 31. The van der Waals surface area contributed by atoms with Crippen LogP contribution < -0.4 is 5.32 Å². The molecule has 0 fully saturated rings. The van der Waals surface area contributed by atoms with Gasteiger partial charge in [0.25, 0.3) is 0 Å². The van der Waals surface area contributed by atoms with Gasteiger partial charge in [-0.05, 0) is 70.6 Å². The zero-order valence-corrected chi connectivity index (χ0v) is 39.7. The molecule has 3 unspecified atom stereocenters. The molecule has 0 aromatic carbocycles. The first-order chi connectivity index (χ1) is 29.0. The number of aliphatic hydroxyl groups is 2. The molecular weight excluding hydrogens is 731 g/mol. The van der Waals surface area contributed by atoms with Crippen molar-refractivity contribution in [3.8, 4) is 0 Å². The molecular formula is C53H101NO5. The predicted octanol–water partition coefficient (Wildman–Crippen LogP) is 15.5. The molecule has 0 bridgehead atoms. The van der Waals surface area contributed by atoms with Crippen LogP contribution >= 0.6 is 0 Å². The average molecular weight is 832 g/mol. The molecule has 0 aromatic heterocycles. The first kappa shape index (κ1) is 57.3. The largest absolute Gasteiger partial charge is 0.462 e. The summed E-state index contributed by atoms with van der Waals surface area (Å²) >= 11 is 0. The highest BCUT2D eigenvalue weighted by atomic mass is 16.5. The van der Waals surface area contributed by atoms with Crippen LogP contribution in [0.4, 0.5) is 0 Å². The van der Waals surface area contributed by atoms with Gasteiger partial charge in [0, 0.05) is 6.42 Å². The van der Waals surface area contributed by atoms with Crippen LogP contribution in [0.1, 0.15) is 278 Å². The van der Waals surface area contributed by atoms with Crippen molar-refractivity contribution in [2.75, 3.05) is 6.61 Å². The third kappa shape index (κ3) is 42.8. The standard InChI is InChI=1S/C53H101NO5/c1-4-7-10-13-16-19-22-25-26-27-28-30-33-36-39-42-45-51(56)50(48-55)54-52(57)47-49(44-41-38-35-32-29-23-20-17-14-11-8-5-2)59-53(58)46-43-40-37-34-31-24-21-18-15-12-9-6-3/h18,21,32,35,49-51,55-56H,4-17,19-20,22-31,33-34,36-48H2,1-3H3,(H,54,57)/b21-18-,35-32-. The van der Waals surface area contributed by atoms with Gasteiger partial charge in [0.15, 0.2) is 0 Å². The fourth-order valence-electron chi connectivity index (χ4n) is 8.01. The fraction of sp³-hybridized carbons (Fsp3) is 0.887. The highest BCUT2D eigenvalue weighted by Gasteiger charge is 2.24. The Morgan fingerprint density at radius 1 is 0.475 bits per heavy atom. The average Bonchev–Trinajstić information content (AvgIpc) is 3.23. The molecule has 0 aromatic rings. The number of hydrogen-bond donors (Lipinski definition) is 3. The molecule has 348 valence electrons. The van der Waals surface area contributed by atoms with Crippen LogP contribution in [0.25, 0.3) is 0 Å². The third-order valence-corrected chi connectivity index (χ3v) is 12.0. The summed E-state index contributed by atoms with van der Waals surface area (Å²) in [4.78, 5) is 26.1. The van der Waals surface area contributed by atoms with Crippen molar-refractivity contribution in [1.82, 2.24) is 5.32 Å². The second-order valence-electron chi connectivity index (χ2n) is 17.9. The van der Waals surface area contributed by atoms with E-state index in [0.29, 0.717) is 19.3 Å². The van der Waals surface area contributed by atoms with Crippen LogP contribution in [0.5, 0.6) is 0 Å². The first-order valence-corrected chi connectivity index (χ1v) is 26.1. The molecule has 3 atom stereocenters. The van der Waals surface area contributed by atoms with Gasteiger partial charge in [0.1, 0.15) is 6.10 Å². The molecule has 0 spiro atoms. The Morgan fingerprint density at radius 3 is 1.27 bits per heavy atom. The van der Waals surface area contributed by atoms with Crippen molar-refractivity contribution in [2.45, 2.75) is 296 Å². The van der Waals surface area contributed by atoms with Gasteiger partial charge >= 0.3 is 5.97 Å². The van der Waals surface area contributed by atoms with Crippen molar-refractivity contribution in [3.63, 3.8) is 0 Å². The van der Waals surface area contributed by atoms with Crippen molar-refractivity contribution < 1.29 is 24.5 Å². The normalized spacial score (nSPS) is 13.4. The van der Waals surface area contributed by atoms with Crippen molar-refractivity contribution in [3.05, 3.63) is 24.3 Å². The number of amides is 1. The van der Waals surface area contributed by atoms with E-state index in [1.54, 1.807) is 0 Å². The summed E-state index contributed by atoms with van der Waals surface area (Å²) in [5.74, 6) is -0.503. The fourth-order valence-corrected chi connectivity index (χ4v) is 8.01. The second-order valence-corrected chi connectivity index (χ2v) is 17.9. The number of hydrogen-bond acceptors (Lipinski definition) is 5. The molecule has 6 heteroatoms. The van der Waals surface area contributed by atoms with E-state index in [0.717, 1.165) is 57.8 Å². The number of allylic oxidation sites excluding steroid dienone is 4. The summed E-state index contributed by atoms with van der Waals surface area (Å²) in [7, 11) is 0. The highest BCUT2D eigenvalue weighted by Crippen LogP contribution is 2.17. The van der Waals surface area contributed by atoms with Crippen molar-refractivity contribution in [2.24, 2.45) is 0 Å². The zero-order valence-electron chi connectivity index (χ0n) is 39.7. The second kappa shape index (κ2) is 47.4. The molecule has 0 aliphatic carbocycles. The van der Waals surface area contributed by atoms with E-state index in [1.165, 1.54) is 173 Å². The van der Waals surface area contributed by atoms with Crippen molar-refractivity contribution >= 4 is 11.9 Å². The van der Waals surface area contributed by atoms with Crippen LogP contribution in [0.2, 0.25) is 0 Å². The molecule has 1 amide bonds. The number of nitrogens with one attached hydrogen (secondary N) is 1. The molecule has 0 aliphatic heterocycles. The summed E-state index contributed by atoms with van der Waals surface area (Å²) in [6, 6.07) is -0.707. The molecule has 0 saturated carbocycles. The summed E-state index contributed by atoms with van der Waals surface area (Å²) in [5, 5.41) is 23.8. The Labute approximate surface area is 367 Å².